The first kappa shape index (κ1) is 15.1. The smallest absolute Gasteiger partial charge is 0.161 e. The van der Waals surface area contributed by atoms with Gasteiger partial charge in [-0.3, -0.25) is 4.79 Å². The Bertz CT molecular complexity index is 771. The molecule has 1 aliphatic heterocycles. The van der Waals surface area contributed by atoms with Crippen LogP contribution in [0, 0.1) is 11.3 Å². The third-order valence-corrected chi connectivity index (χ3v) is 4.73. The molecule has 0 aromatic heterocycles. The predicted molar refractivity (Wildman–Crippen MR) is 86.5 cm³/mol. The molecule has 0 amide bonds. The number of Topliss-reactive ketones (excluding diaryl/α,β-unsaturated/α-hetero) is 1. The van der Waals surface area contributed by atoms with Crippen LogP contribution in [-0.4, -0.2) is 5.78 Å². The van der Waals surface area contributed by atoms with Crippen LogP contribution in [0.5, 0.6) is 0 Å². The number of hydrogen-bond acceptors (Lipinski definition) is 3. The van der Waals surface area contributed by atoms with Crippen molar-refractivity contribution in [3.8, 4) is 6.07 Å². The lowest BCUT2D eigenvalue weighted by Gasteiger charge is -2.33. The van der Waals surface area contributed by atoms with Crippen LogP contribution in [0.1, 0.15) is 37.7 Å². The van der Waals surface area contributed by atoms with Crippen LogP contribution in [-0.2, 0) is 4.79 Å². The highest BCUT2D eigenvalue weighted by atomic mass is 35.5. The zero-order chi connectivity index (χ0) is 15.9. The number of halogens is 2. The van der Waals surface area contributed by atoms with Gasteiger partial charge in [0.25, 0.3) is 0 Å². The van der Waals surface area contributed by atoms with Gasteiger partial charge in [0, 0.05) is 33.4 Å². The zero-order valence-electron chi connectivity index (χ0n) is 12.0. The molecular weight excluding hydrogens is 319 g/mol. The first-order chi connectivity index (χ1) is 10.5. The van der Waals surface area contributed by atoms with E-state index in [1.165, 1.54) is 0 Å². The molecule has 22 heavy (non-hydrogen) atoms. The minimum atomic E-state index is -0.404. The molecule has 1 aromatic rings. The van der Waals surface area contributed by atoms with Crippen molar-refractivity contribution in [1.82, 2.24) is 5.32 Å². The lowest BCUT2D eigenvalue weighted by molar-refractivity contribution is -0.116. The quantitative estimate of drug-likeness (QED) is 0.824. The van der Waals surface area contributed by atoms with Gasteiger partial charge in [-0.1, -0.05) is 29.3 Å². The molecule has 1 aliphatic carbocycles. The summed E-state index contributed by atoms with van der Waals surface area (Å²) in [4.78, 5) is 12.5. The number of rotatable bonds is 1. The van der Waals surface area contributed by atoms with Gasteiger partial charge in [0.15, 0.2) is 5.78 Å². The summed E-state index contributed by atoms with van der Waals surface area (Å²) >= 11 is 12.3. The van der Waals surface area contributed by atoms with Gasteiger partial charge in [-0.2, -0.15) is 5.26 Å². The molecule has 1 N–H and O–H groups in total. The van der Waals surface area contributed by atoms with Crippen molar-refractivity contribution in [1.29, 1.82) is 5.26 Å². The average Bonchev–Trinajstić information content (AvgIpc) is 2.46. The topological polar surface area (TPSA) is 52.9 Å². The van der Waals surface area contributed by atoms with E-state index in [1.54, 1.807) is 18.2 Å². The fourth-order valence-electron chi connectivity index (χ4n) is 3.18. The van der Waals surface area contributed by atoms with E-state index < -0.39 is 5.92 Å². The van der Waals surface area contributed by atoms with E-state index in [0.29, 0.717) is 27.6 Å². The summed E-state index contributed by atoms with van der Waals surface area (Å²) in [6, 6.07) is 7.43. The molecule has 1 aromatic carbocycles. The predicted octanol–water partition coefficient (Wildman–Crippen LogP) is 4.48. The highest BCUT2D eigenvalue weighted by molar-refractivity contribution is 6.35. The molecule has 3 rings (SSSR count). The van der Waals surface area contributed by atoms with Crippen LogP contribution in [0.3, 0.4) is 0 Å². The van der Waals surface area contributed by atoms with Gasteiger partial charge < -0.3 is 5.32 Å². The Morgan fingerprint density at radius 2 is 2.09 bits per heavy atom. The standard InChI is InChI=1S/C17H14Cl2N2O/c1-9-12(8-20)16(11-6-5-10(18)7-13(11)19)17-14(21-9)3-2-4-15(17)22/h5-7,16,21H,2-4H2,1H3/t16-/m1/s1. The second kappa shape index (κ2) is 5.79. The number of hydrogen-bond donors (Lipinski definition) is 1. The molecule has 112 valence electrons. The normalized spacial score (nSPS) is 21.4. The Kier molecular flexibility index (Phi) is 3.99. The van der Waals surface area contributed by atoms with E-state index in [1.807, 2.05) is 6.92 Å². The van der Waals surface area contributed by atoms with Crippen LogP contribution in [0.4, 0.5) is 0 Å². The third-order valence-electron chi connectivity index (χ3n) is 4.17. The Labute approximate surface area is 139 Å². The second-order valence-corrected chi connectivity index (χ2v) is 6.39. The number of ketones is 1. The molecule has 1 atom stereocenters. The van der Waals surface area contributed by atoms with Crippen LogP contribution in [0.25, 0.3) is 0 Å². The molecule has 0 unspecified atom stereocenters. The van der Waals surface area contributed by atoms with Gasteiger partial charge in [-0.25, -0.2) is 0 Å². The average molecular weight is 333 g/mol. The number of nitrogens with zero attached hydrogens (tertiary/aromatic N) is 1. The van der Waals surface area contributed by atoms with E-state index in [4.69, 9.17) is 23.2 Å². The van der Waals surface area contributed by atoms with Crippen molar-refractivity contribution < 1.29 is 4.79 Å². The maximum Gasteiger partial charge on any atom is 0.161 e. The van der Waals surface area contributed by atoms with Gasteiger partial charge >= 0.3 is 0 Å². The number of nitrogens with one attached hydrogen (secondary N) is 1. The maximum absolute atomic E-state index is 12.5. The summed E-state index contributed by atoms with van der Waals surface area (Å²) < 4.78 is 0. The minimum absolute atomic E-state index is 0.0880. The summed E-state index contributed by atoms with van der Waals surface area (Å²) in [6.45, 7) is 1.86. The summed E-state index contributed by atoms with van der Waals surface area (Å²) in [6.07, 6.45) is 2.17. The van der Waals surface area contributed by atoms with Crippen molar-refractivity contribution in [3.63, 3.8) is 0 Å². The Balaban J connectivity index is 2.22. The number of carbonyl (C=O) groups excluding carboxylic acids is 1. The Morgan fingerprint density at radius 1 is 1.32 bits per heavy atom. The van der Waals surface area contributed by atoms with Gasteiger partial charge in [-0.15, -0.1) is 0 Å². The van der Waals surface area contributed by atoms with Crippen molar-refractivity contribution >= 4 is 29.0 Å². The van der Waals surface area contributed by atoms with Crippen molar-refractivity contribution in [3.05, 3.63) is 56.3 Å². The van der Waals surface area contributed by atoms with E-state index >= 15 is 0 Å². The van der Waals surface area contributed by atoms with E-state index in [0.717, 1.165) is 29.8 Å². The first-order valence-electron chi connectivity index (χ1n) is 7.12. The number of dihydropyridines is 1. The number of carbonyl (C=O) groups is 1. The molecule has 1 heterocycles. The second-order valence-electron chi connectivity index (χ2n) is 5.54. The molecular formula is C17H14Cl2N2O. The minimum Gasteiger partial charge on any atom is -0.361 e. The maximum atomic E-state index is 12.5. The SMILES string of the molecule is CC1=C(C#N)[C@@H](c2ccc(Cl)cc2Cl)C2=C(CCCC2=O)N1. The molecule has 0 spiro atoms. The van der Waals surface area contributed by atoms with Gasteiger partial charge in [-0.05, 0) is 37.5 Å². The number of allylic oxidation sites excluding steroid dienone is 4. The number of nitriles is 1. The lowest BCUT2D eigenvalue weighted by atomic mass is 9.75. The molecule has 0 fully saturated rings. The van der Waals surface area contributed by atoms with Gasteiger partial charge in [0.2, 0.25) is 0 Å². The van der Waals surface area contributed by atoms with Crippen molar-refractivity contribution in [2.24, 2.45) is 0 Å². The molecule has 0 saturated heterocycles. The monoisotopic (exact) mass is 332 g/mol. The highest BCUT2D eigenvalue weighted by Crippen LogP contribution is 2.44. The van der Waals surface area contributed by atoms with Crippen LogP contribution >= 0.6 is 23.2 Å². The van der Waals surface area contributed by atoms with Crippen LogP contribution in [0.15, 0.2) is 40.7 Å². The van der Waals surface area contributed by atoms with E-state index in [2.05, 4.69) is 11.4 Å². The van der Waals surface area contributed by atoms with E-state index in [-0.39, 0.29) is 5.78 Å². The largest absolute Gasteiger partial charge is 0.361 e. The molecule has 3 nitrogen and oxygen atoms in total. The van der Waals surface area contributed by atoms with Crippen molar-refractivity contribution in [2.75, 3.05) is 0 Å². The van der Waals surface area contributed by atoms with E-state index in [9.17, 15) is 10.1 Å². The Hall–Kier alpha value is -1.76. The molecule has 2 aliphatic rings. The molecule has 0 bridgehead atoms. The summed E-state index contributed by atoms with van der Waals surface area (Å²) in [5.74, 6) is -0.316. The summed E-state index contributed by atoms with van der Waals surface area (Å²) in [5.41, 5.74) is 3.68. The first-order valence-corrected chi connectivity index (χ1v) is 7.87. The Morgan fingerprint density at radius 3 is 2.77 bits per heavy atom. The fraction of sp³-hybridized carbons (Fsp3) is 0.294. The van der Waals surface area contributed by atoms with Gasteiger partial charge in [0.1, 0.15) is 0 Å². The fourth-order valence-corrected chi connectivity index (χ4v) is 3.70. The highest BCUT2D eigenvalue weighted by Gasteiger charge is 2.36. The lowest BCUT2D eigenvalue weighted by Crippen LogP contribution is -2.31. The molecule has 0 radical (unpaired) electrons. The number of benzene rings is 1. The summed E-state index contributed by atoms with van der Waals surface area (Å²) in [5, 5.41) is 13.8. The summed E-state index contributed by atoms with van der Waals surface area (Å²) in [7, 11) is 0. The molecule has 5 heteroatoms. The molecule has 0 saturated carbocycles. The van der Waals surface area contributed by atoms with Crippen LogP contribution in [0.2, 0.25) is 10.0 Å². The van der Waals surface area contributed by atoms with Crippen LogP contribution < -0.4 is 5.32 Å². The zero-order valence-corrected chi connectivity index (χ0v) is 13.6. The third kappa shape index (κ3) is 2.43. The van der Waals surface area contributed by atoms with Gasteiger partial charge in [0.05, 0.1) is 17.6 Å². The van der Waals surface area contributed by atoms with Crippen molar-refractivity contribution in [2.45, 2.75) is 32.1 Å².